The first kappa shape index (κ1) is 17.2. The fraction of sp³-hybridized carbons (Fsp3) is 0.294. The van der Waals surface area contributed by atoms with Gasteiger partial charge < -0.3 is 10.1 Å². The van der Waals surface area contributed by atoms with Crippen LogP contribution in [0.4, 0.5) is 0 Å². The van der Waals surface area contributed by atoms with Crippen molar-refractivity contribution in [1.29, 1.82) is 0 Å². The summed E-state index contributed by atoms with van der Waals surface area (Å²) in [5.74, 6) is -0.452. The minimum Gasteiger partial charge on any atom is -0.476 e. The summed E-state index contributed by atoms with van der Waals surface area (Å²) < 4.78 is 0. The Morgan fingerprint density at radius 3 is 2.72 bits per heavy atom. The van der Waals surface area contributed by atoms with Gasteiger partial charge in [0.1, 0.15) is 10.8 Å². The molecule has 0 saturated carbocycles. The lowest BCUT2D eigenvalue weighted by molar-refractivity contribution is 0.0691. The molecular formula is C17H18N4O3S. The van der Waals surface area contributed by atoms with E-state index in [4.69, 9.17) is 5.11 Å². The fourth-order valence-corrected chi connectivity index (χ4v) is 3.27. The van der Waals surface area contributed by atoms with E-state index in [0.29, 0.717) is 34.8 Å². The number of para-hydroxylation sites is 1. The normalized spacial score (nSPS) is 11.5. The van der Waals surface area contributed by atoms with Gasteiger partial charge in [0.25, 0.3) is 5.56 Å². The molecule has 2 N–H and O–H groups in total. The number of rotatable bonds is 6. The number of fused-ring (bicyclic) bond motifs is 1. The maximum atomic E-state index is 12.2. The van der Waals surface area contributed by atoms with Gasteiger partial charge in [-0.25, -0.2) is 14.8 Å². The molecule has 0 atom stereocenters. The van der Waals surface area contributed by atoms with Crippen LogP contribution in [0, 0.1) is 0 Å². The Bertz CT molecular complexity index is 964. The zero-order valence-electron chi connectivity index (χ0n) is 13.9. The smallest absolute Gasteiger partial charge is 0.355 e. The zero-order chi connectivity index (χ0) is 18.0. The zero-order valence-corrected chi connectivity index (χ0v) is 14.7. The summed E-state index contributed by atoms with van der Waals surface area (Å²) in [7, 11) is 0. The Balaban J connectivity index is 1.84. The second-order valence-electron chi connectivity index (χ2n) is 5.96. The Labute approximate surface area is 148 Å². The maximum absolute atomic E-state index is 12.2. The molecule has 0 amide bonds. The SMILES string of the molecule is CC(C)N(Cc1nc2ccccc2c(=O)[nH]1)Cc1nc(C(=O)O)cs1. The van der Waals surface area contributed by atoms with Crippen molar-refractivity contribution < 1.29 is 9.90 Å². The molecule has 0 radical (unpaired) electrons. The summed E-state index contributed by atoms with van der Waals surface area (Å²) in [6.45, 7) is 5.00. The Hall–Kier alpha value is -2.58. The predicted molar refractivity (Wildman–Crippen MR) is 95.8 cm³/mol. The topological polar surface area (TPSA) is 99.2 Å². The minimum absolute atomic E-state index is 0.0564. The second-order valence-corrected chi connectivity index (χ2v) is 6.90. The number of aromatic amines is 1. The molecule has 0 aliphatic rings. The lowest BCUT2D eigenvalue weighted by Crippen LogP contribution is -2.31. The van der Waals surface area contributed by atoms with E-state index < -0.39 is 5.97 Å². The fourth-order valence-electron chi connectivity index (χ4n) is 2.48. The number of carboxylic acids is 1. The molecule has 0 aliphatic carbocycles. The van der Waals surface area contributed by atoms with Gasteiger partial charge in [0.15, 0.2) is 5.69 Å². The Morgan fingerprint density at radius 1 is 1.28 bits per heavy atom. The molecule has 0 unspecified atom stereocenters. The van der Waals surface area contributed by atoms with Crippen LogP contribution in [0.2, 0.25) is 0 Å². The van der Waals surface area contributed by atoms with Crippen LogP contribution in [-0.4, -0.2) is 37.0 Å². The van der Waals surface area contributed by atoms with Gasteiger partial charge in [0, 0.05) is 11.4 Å². The van der Waals surface area contributed by atoms with Crippen LogP contribution in [-0.2, 0) is 13.1 Å². The molecule has 3 aromatic rings. The number of aromatic carboxylic acids is 1. The summed E-state index contributed by atoms with van der Waals surface area (Å²) in [6.07, 6.45) is 0. The van der Waals surface area contributed by atoms with E-state index in [2.05, 4.69) is 19.9 Å². The highest BCUT2D eigenvalue weighted by atomic mass is 32.1. The monoisotopic (exact) mass is 358 g/mol. The quantitative estimate of drug-likeness (QED) is 0.702. The van der Waals surface area contributed by atoms with Crippen LogP contribution < -0.4 is 5.56 Å². The molecule has 0 aliphatic heterocycles. The molecule has 3 rings (SSSR count). The number of hydrogen-bond donors (Lipinski definition) is 2. The second kappa shape index (κ2) is 7.12. The van der Waals surface area contributed by atoms with Crippen LogP contribution in [0.5, 0.6) is 0 Å². The summed E-state index contributed by atoms with van der Waals surface area (Å²) in [6, 6.07) is 7.39. The number of carboxylic acid groups (broad SMARTS) is 1. The van der Waals surface area contributed by atoms with Crippen molar-refractivity contribution in [2.45, 2.75) is 33.0 Å². The summed E-state index contributed by atoms with van der Waals surface area (Å²) in [4.78, 5) is 36.7. The third kappa shape index (κ3) is 3.92. The van der Waals surface area contributed by atoms with Gasteiger partial charge in [-0.15, -0.1) is 11.3 Å². The van der Waals surface area contributed by atoms with Crippen molar-refractivity contribution >= 4 is 28.2 Å². The van der Waals surface area contributed by atoms with Crippen LogP contribution in [0.15, 0.2) is 34.4 Å². The van der Waals surface area contributed by atoms with Gasteiger partial charge in [-0.2, -0.15) is 0 Å². The van der Waals surface area contributed by atoms with Gasteiger partial charge in [-0.3, -0.25) is 9.69 Å². The first-order valence-electron chi connectivity index (χ1n) is 7.83. The maximum Gasteiger partial charge on any atom is 0.355 e. The number of carbonyl (C=O) groups is 1. The average molecular weight is 358 g/mol. The van der Waals surface area contributed by atoms with Crippen molar-refractivity contribution in [2.24, 2.45) is 0 Å². The van der Waals surface area contributed by atoms with E-state index in [0.717, 1.165) is 0 Å². The number of aromatic nitrogens is 3. The largest absolute Gasteiger partial charge is 0.476 e. The number of nitrogens with one attached hydrogen (secondary N) is 1. The lowest BCUT2D eigenvalue weighted by atomic mass is 10.2. The molecule has 1 aromatic carbocycles. The molecule has 7 nitrogen and oxygen atoms in total. The molecule has 130 valence electrons. The molecule has 25 heavy (non-hydrogen) atoms. The van der Waals surface area contributed by atoms with Gasteiger partial charge in [0.05, 0.1) is 24.0 Å². The van der Waals surface area contributed by atoms with Crippen molar-refractivity contribution in [2.75, 3.05) is 0 Å². The molecular weight excluding hydrogens is 340 g/mol. The Morgan fingerprint density at radius 2 is 2.04 bits per heavy atom. The van der Waals surface area contributed by atoms with Crippen molar-refractivity contribution in [3.8, 4) is 0 Å². The highest BCUT2D eigenvalue weighted by Crippen LogP contribution is 2.16. The summed E-state index contributed by atoms with van der Waals surface area (Å²) >= 11 is 1.31. The molecule has 0 fully saturated rings. The third-order valence-electron chi connectivity index (χ3n) is 3.85. The molecule has 2 heterocycles. The Kier molecular flexibility index (Phi) is 4.91. The number of nitrogens with zero attached hydrogens (tertiary/aromatic N) is 3. The molecule has 0 spiro atoms. The van der Waals surface area contributed by atoms with Crippen molar-refractivity contribution in [3.63, 3.8) is 0 Å². The molecule has 8 heteroatoms. The van der Waals surface area contributed by atoms with E-state index in [9.17, 15) is 9.59 Å². The molecule has 0 bridgehead atoms. The van der Waals surface area contributed by atoms with Gasteiger partial charge in [0.2, 0.25) is 0 Å². The van der Waals surface area contributed by atoms with E-state index in [1.807, 2.05) is 32.0 Å². The standard InChI is InChI=1S/C17H18N4O3S/c1-10(2)21(8-15-19-13(9-25-15)17(23)24)7-14-18-12-6-4-3-5-11(12)16(22)20-14/h3-6,9-10H,7-8H2,1-2H3,(H,23,24)(H,18,20,22). The highest BCUT2D eigenvalue weighted by Gasteiger charge is 2.16. The highest BCUT2D eigenvalue weighted by molar-refractivity contribution is 7.09. The predicted octanol–water partition coefficient (Wildman–Crippen LogP) is 2.49. The van der Waals surface area contributed by atoms with E-state index in [1.54, 1.807) is 6.07 Å². The van der Waals surface area contributed by atoms with Gasteiger partial charge >= 0.3 is 5.97 Å². The minimum atomic E-state index is -1.03. The number of benzene rings is 1. The van der Waals surface area contributed by atoms with Crippen LogP contribution in [0.3, 0.4) is 0 Å². The van der Waals surface area contributed by atoms with Crippen molar-refractivity contribution in [1.82, 2.24) is 19.9 Å². The number of H-pyrrole nitrogens is 1. The average Bonchev–Trinajstić information content (AvgIpc) is 3.03. The lowest BCUT2D eigenvalue weighted by Gasteiger charge is -2.24. The molecule has 2 aromatic heterocycles. The van der Waals surface area contributed by atoms with Crippen LogP contribution in [0.1, 0.15) is 35.2 Å². The van der Waals surface area contributed by atoms with E-state index in [-0.39, 0.29) is 17.3 Å². The van der Waals surface area contributed by atoms with E-state index >= 15 is 0 Å². The first-order chi connectivity index (χ1) is 11.9. The summed E-state index contributed by atoms with van der Waals surface area (Å²) in [5.41, 5.74) is 0.556. The first-order valence-corrected chi connectivity index (χ1v) is 8.71. The van der Waals surface area contributed by atoms with Gasteiger partial charge in [-0.05, 0) is 26.0 Å². The summed E-state index contributed by atoms with van der Waals surface area (Å²) in [5, 5.41) is 11.8. The van der Waals surface area contributed by atoms with Crippen LogP contribution >= 0.6 is 11.3 Å². The third-order valence-corrected chi connectivity index (χ3v) is 4.69. The number of thiazole rings is 1. The number of hydrogen-bond acceptors (Lipinski definition) is 6. The molecule has 0 saturated heterocycles. The van der Waals surface area contributed by atoms with E-state index in [1.165, 1.54) is 16.7 Å². The van der Waals surface area contributed by atoms with Crippen molar-refractivity contribution in [3.05, 3.63) is 56.5 Å². The van der Waals surface area contributed by atoms with Gasteiger partial charge in [-0.1, -0.05) is 12.1 Å². The van der Waals surface area contributed by atoms with Crippen LogP contribution in [0.25, 0.3) is 10.9 Å².